The van der Waals surface area contributed by atoms with Crippen molar-refractivity contribution in [2.24, 2.45) is 5.92 Å². The van der Waals surface area contributed by atoms with Gasteiger partial charge in [0.05, 0.1) is 38.2 Å². The standard InChI is InChI=1S/C38H50N4O11/c1-6-52-31(43)21-39-35(47)32(44)30(23-51-22-25-15-11-8-12-16-25)41-34(46)29(19-24-13-9-7-10-14-24)40-33(45)26-17-18-27(36(48)50-5)28(20-26)42-37(49)53-38(2,3)4/h8,11-12,15-18,20,24,29-30H,6-7,9-10,13-14,19,21-23H2,1-5H3,(H,39,47)(H,40,45)(H,41,46)(H,42,49)/t29-,30?/m0/s1. The normalized spacial score (nSPS) is 14.1. The van der Waals surface area contributed by atoms with Crippen LogP contribution in [0.2, 0.25) is 0 Å². The molecule has 1 aliphatic carbocycles. The van der Waals surface area contributed by atoms with E-state index in [4.69, 9.17) is 18.9 Å². The van der Waals surface area contributed by atoms with Crippen LogP contribution in [0.4, 0.5) is 10.5 Å². The number of benzene rings is 2. The van der Waals surface area contributed by atoms with Crippen LogP contribution in [0.3, 0.4) is 0 Å². The summed E-state index contributed by atoms with van der Waals surface area (Å²) < 4.78 is 20.7. The van der Waals surface area contributed by atoms with Gasteiger partial charge in [0.1, 0.15) is 24.2 Å². The first-order valence-corrected chi connectivity index (χ1v) is 17.6. The number of amides is 4. The summed E-state index contributed by atoms with van der Waals surface area (Å²) >= 11 is 0. The minimum absolute atomic E-state index is 0.00215. The number of ether oxygens (including phenoxy) is 4. The molecule has 1 aliphatic rings. The SMILES string of the molecule is CCOC(=O)CNC(=O)C(=O)C(COCc1ccccc1)NC(=O)[C@H](CC1CCCCC1)NC(=O)c1ccc(C(=O)OC)c(NC(=O)OC(C)(C)C)c1. The molecule has 2 atom stereocenters. The molecule has 0 heterocycles. The van der Waals surface area contributed by atoms with Crippen LogP contribution < -0.4 is 21.3 Å². The van der Waals surface area contributed by atoms with Crippen LogP contribution in [0.25, 0.3) is 0 Å². The Kier molecular flexibility index (Phi) is 16.4. The van der Waals surface area contributed by atoms with E-state index in [2.05, 4.69) is 21.3 Å². The third-order valence-corrected chi connectivity index (χ3v) is 8.19. The number of hydrogen-bond donors (Lipinski definition) is 4. The first kappa shape index (κ1) is 42.1. The molecular formula is C38H50N4O11. The maximum Gasteiger partial charge on any atom is 0.412 e. The van der Waals surface area contributed by atoms with Crippen molar-refractivity contribution in [3.8, 4) is 0 Å². The molecule has 0 spiro atoms. The number of nitrogens with one attached hydrogen (secondary N) is 4. The minimum Gasteiger partial charge on any atom is -0.465 e. The molecule has 0 aromatic heterocycles. The van der Waals surface area contributed by atoms with Crippen LogP contribution in [-0.4, -0.2) is 86.1 Å². The van der Waals surface area contributed by atoms with E-state index in [-0.39, 0.29) is 49.0 Å². The second-order valence-corrected chi connectivity index (χ2v) is 13.6. The average Bonchev–Trinajstić information content (AvgIpc) is 3.12. The Morgan fingerprint density at radius 3 is 2.23 bits per heavy atom. The van der Waals surface area contributed by atoms with Crippen molar-refractivity contribution >= 4 is 47.2 Å². The molecule has 0 aliphatic heterocycles. The van der Waals surface area contributed by atoms with Gasteiger partial charge in [0.15, 0.2) is 0 Å². The fourth-order valence-corrected chi connectivity index (χ4v) is 5.65. The van der Waals surface area contributed by atoms with Gasteiger partial charge in [-0.05, 0) is 63.8 Å². The summed E-state index contributed by atoms with van der Waals surface area (Å²) in [7, 11) is 1.17. The molecule has 4 N–H and O–H groups in total. The van der Waals surface area contributed by atoms with E-state index in [1.165, 1.54) is 25.3 Å². The third kappa shape index (κ3) is 14.3. The summed E-state index contributed by atoms with van der Waals surface area (Å²) in [6.45, 7) is 5.82. The van der Waals surface area contributed by atoms with Gasteiger partial charge < -0.3 is 34.9 Å². The highest BCUT2D eigenvalue weighted by atomic mass is 16.6. The van der Waals surface area contributed by atoms with Crippen LogP contribution in [0, 0.1) is 5.92 Å². The number of anilines is 1. The molecule has 2 aromatic carbocycles. The molecule has 1 fully saturated rings. The molecule has 288 valence electrons. The van der Waals surface area contributed by atoms with E-state index < -0.39 is 65.8 Å². The Morgan fingerprint density at radius 2 is 1.58 bits per heavy atom. The van der Waals surface area contributed by atoms with Crippen LogP contribution in [0.15, 0.2) is 48.5 Å². The lowest BCUT2D eigenvalue weighted by atomic mass is 9.84. The zero-order valence-corrected chi connectivity index (χ0v) is 30.9. The van der Waals surface area contributed by atoms with E-state index in [0.717, 1.165) is 37.7 Å². The first-order valence-electron chi connectivity index (χ1n) is 17.6. The minimum atomic E-state index is -1.47. The number of rotatable bonds is 17. The van der Waals surface area contributed by atoms with Crippen molar-refractivity contribution in [2.45, 2.75) is 90.5 Å². The molecule has 2 aromatic rings. The van der Waals surface area contributed by atoms with Crippen molar-refractivity contribution in [3.63, 3.8) is 0 Å². The third-order valence-electron chi connectivity index (χ3n) is 8.19. The molecule has 3 rings (SSSR count). The Hall–Kier alpha value is -5.31. The van der Waals surface area contributed by atoms with Crippen molar-refractivity contribution in [3.05, 3.63) is 65.2 Å². The summed E-state index contributed by atoms with van der Waals surface area (Å²) in [4.78, 5) is 90.7. The summed E-state index contributed by atoms with van der Waals surface area (Å²) in [6, 6.07) is 10.4. The predicted molar refractivity (Wildman–Crippen MR) is 193 cm³/mol. The summed E-state index contributed by atoms with van der Waals surface area (Å²) in [5.74, 6) is -5.06. The Balaban J connectivity index is 1.86. The summed E-state index contributed by atoms with van der Waals surface area (Å²) in [5, 5.41) is 10.0. The van der Waals surface area contributed by atoms with Crippen molar-refractivity contribution in [2.75, 3.05) is 32.2 Å². The molecule has 53 heavy (non-hydrogen) atoms. The zero-order chi connectivity index (χ0) is 39.0. The monoisotopic (exact) mass is 738 g/mol. The van der Waals surface area contributed by atoms with Gasteiger partial charge in [-0.1, -0.05) is 62.4 Å². The maximum absolute atomic E-state index is 14.0. The van der Waals surface area contributed by atoms with Gasteiger partial charge in [0.2, 0.25) is 11.7 Å². The van der Waals surface area contributed by atoms with Crippen molar-refractivity contribution in [1.82, 2.24) is 16.0 Å². The number of carbonyl (C=O) groups excluding carboxylic acids is 7. The number of methoxy groups -OCH3 is 1. The van der Waals surface area contributed by atoms with Crippen LogP contribution in [0.1, 0.15) is 92.5 Å². The van der Waals surface area contributed by atoms with E-state index in [1.807, 2.05) is 30.3 Å². The number of ketones is 1. The number of hydrogen-bond acceptors (Lipinski definition) is 11. The zero-order valence-electron chi connectivity index (χ0n) is 30.9. The van der Waals surface area contributed by atoms with Gasteiger partial charge in [-0.25, -0.2) is 9.59 Å². The Bertz CT molecular complexity index is 1600. The molecule has 0 bridgehead atoms. The Morgan fingerprint density at radius 1 is 0.887 bits per heavy atom. The highest BCUT2D eigenvalue weighted by Crippen LogP contribution is 2.28. The lowest BCUT2D eigenvalue weighted by Crippen LogP contribution is -2.56. The second-order valence-electron chi connectivity index (χ2n) is 13.6. The average molecular weight is 739 g/mol. The van der Waals surface area contributed by atoms with Gasteiger partial charge in [-0.15, -0.1) is 0 Å². The molecule has 4 amide bonds. The number of carbonyl (C=O) groups is 7. The highest BCUT2D eigenvalue weighted by molar-refractivity contribution is 6.38. The van der Waals surface area contributed by atoms with Crippen molar-refractivity contribution < 1.29 is 52.5 Å². The molecule has 1 unspecified atom stereocenters. The van der Waals surface area contributed by atoms with Gasteiger partial charge in [-0.2, -0.15) is 0 Å². The van der Waals surface area contributed by atoms with E-state index in [0.29, 0.717) is 0 Å². The van der Waals surface area contributed by atoms with E-state index in [9.17, 15) is 33.6 Å². The fraction of sp³-hybridized carbons (Fsp3) is 0.500. The molecule has 0 saturated heterocycles. The van der Waals surface area contributed by atoms with Gasteiger partial charge in [0.25, 0.3) is 11.8 Å². The lowest BCUT2D eigenvalue weighted by Gasteiger charge is -2.28. The number of esters is 2. The second kappa shape index (κ2) is 20.7. The lowest BCUT2D eigenvalue weighted by molar-refractivity contribution is -0.146. The largest absolute Gasteiger partial charge is 0.465 e. The topological polar surface area (TPSA) is 205 Å². The molecule has 15 nitrogen and oxygen atoms in total. The quantitative estimate of drug-likeness (QED) is 0.104. The molecular weight excluding hydrogens is 688 g/mol. The Labute approximate surface area is 309 Å². The fourth-order valence-electron chi connectivity index (χ4n) is 5.65. The molecule has 0 radical (unpaired) electrons. The predicted octanol–water partition coefficient (Wildman–Crippen LogP) is 3.84. The molecule has 1 saturated carbocycles. The summed E-state index contributed by atoms with van der Waals surface area (Å²) in [5.41, 5.74) is -0.149. The van der Waals surface area contributed by atoms with E-state index in [1.54, 1.807) is 27.7 Å². The first-order chi connectivity index (χ1) is 25.2. The summed E-state index contributed by atoms with van der Waals surface area (Å²) in [6.07, 6.45) is 3.99. The maximum atomic E-state index is 14.0. The van der Waals surface area contributed by atoms with E-state index >= 15 is 0 Å². The molecule has 15 heteroatoms. The van der Waals surface area contributed by atoms with Crippen LogP contribution in [-0.2, 0) is 44.7 Å². The van der Waals surface area contributed by atoms with Gasteiger partial charge in [0, 0.05) is 5.56 Å². The smallest absolute Gasteiger partial charge is 0.412 e. The van der Waals surface area contributed by atoms with Gasteiger partial charge in [-0.3, -0.25) is 29.3 Å². The van der Waals surface area contributed by atoms with Crippen LogP contribution in [0.5, 0.6) is 0 Å². The van der Waals surface area contributed by atoms with Gasteiger partial charge >= 0.3 is 18.0 Å². The number of Topliss-reactive ketones (excluding diaryl/α,β-unsaturated/α-hetero) is 1. The highest BCUT2D eigenvalue weighted by Gasteiger charge is 2.33. The van der Waals surface area contributed by atoms with Crippen LogP contribution >= 0.6 is 0 Å². The van der Waals surface area contributed by atoms with Crippen molar-refractivity contribution in [1.29, 1.82) is 0 Å².